The fourth-order valence-corrected chi connectivity index (χ4v) is 2.96. The van der Waals surface area contributed by atoms with Crippen molar-refractivity contribution >= 4 is 46.4 Å². The van der Waals surface area contributed by atoms with Gasteiger partial charge in [0.2, 0.25) is 0 Å². The Balaban J connectivity index is 0.00000312. The molecule has 0 radical (unpaired) electrons. The monoisotopic (exact) mass is 478 g/mol. The first kappa shape index (κ1) is 21.8. The largest absolute Gasteiger partial charge is 0.357 e. The number of hydrogen-bond donors (Lipinski definition) is 2. The molecule has 1 unspecified atom stereocenters. The number of rotatable bonds is 6. The Labute approximate surface area is 168 Å². The van der Waals surface area contributed by atoms with E-state index in [1.54, 1.807) is 0 Å². The minimum absolute atomic E-state index is 0. The average Bonchev–Trinajstić information content (AvgIpc) is 2.95. The fraction of sp³-hybridized carbons (Fsp3) is 0.562. The Morgan fingerprint density at radius 2 is 2.04 bits per heavy atom. The van der Waals surface area contributed by atoms with E-state index in [-0.39, 0.29) is 28.7 Å². The summed E-state index contributed by atoms with van der Waals surface area (Å²) in [6.45, 7) is 9.75. The first-order chi connectivity index (χ1) is 11.4. The molecule has 0 saturated heterocycles. The van der Waals surface area contributed by atoms with E-state index in [1.807, 2.05) is 56.5 Å². The number of fused-ring (bicyclic) bond motifs is 1. The minimum Gasteiger partial charge on any atom is -0.357 e. The third-order valence-electron chi connectivity index (χ3n) is 3.37. The summed E-state index contributed by atoms with van der Waals surface area (Å²) in [6, 6.07) is 5.78. The molecule has 0 spiro atoms. The summed E-state index contributed by atoms with van der Waals surface area (Å²) in [5, 5.41) is 14.7. The van der Waals surface area contributed by atoms with Gasteiger partial charge in [0.15, 0.2) is 17.4 Å². The van der Waals surface area contributed by atoms with Crippen molar-refractivity contribution in [2.24, 2.45) is 4.99 Å². The molecule has 0 aromatic carbocycles. The molecule has 0 aliphatic carbocycles. The molecule has 0 fully saturated rings. The Hall–Kier alpha value is -1.23. The highest BCUT2D eigenvalue weighted by Crippen LogP contribution is 2.10. The highest BCUT2D eigenvalue weighted by Gasteiger charge is 2.18. The summed E-state index contributed by atoms with van der Waals surface area (Å²) in [4.78, 5) is 4.54. The van der Waals surface area contributed by atoms with E-state index in [0.717, 1.165) is 18.0 Å². The molecular weight excluding hydrogens is 451 g/mol. The Kier molecular flexibility index (Phi) is 8.77. The molecule has 1 atom stereocenters. The molecule has 0 saturated carbocycles. The first-order valence-electron chi connectivity index (χ1n) is 8.11. The number of hydrogen-bond acceptors (Lipinski definition) is 4. The Bertz CT molecular complexity index is 725. The van der Waals surface area contributed by atoms with E-state index < -0.39 is 10.8 Å². The van der Waals surface area contributed by atoms with Crippen LogP contribution in [-0.2, 0) is 17.3 Å². The normalized spacial score (nSPS) is 13.4. The molecule has 2 N–H and O–H groups in total. The van der Waals surface area contributed by atoms with E-state index in [2.05, 4.69) is 25.8 Å². The van der Waals surface area contributed by atoms with Crippen LogP contribution in [0.15, 0.2) is 29.4 Å². The minimum atomic E-state index is -0.881. The number of pyridine rings is 1. The van der Waals surface area contributed by atoms with Gasteiger partial charge >= 0.3 is 0 Å². The van der Waals surface area contributed by atoms with Crippen LogP contribution in [0.4, 0.5) is 0 Å². The fourth-order valence-electron chi connectivity index (χ4n) is 2.06. The molecule has 140 valence electrons. The number of nitrogens with one attached hydrogen (secondary N) is 2. The van der Waals surface area contributed by atoms with Crippen molar-refractivity contribution in [2.75, 3.05) is 18.8 Å². The summed E-state index contributed by atoms with van der Waals surface area (Å²) in [5.74, 6) is 2.05. The first-order valence-corrected chi connectivity index (χ1v) is 9.43. The highest BCUT2D eigenvalue weighted by atomic mass is 127. The molecule has 0 aliphatic heterocycles. The molecule has 0 amide bonds. The van der Waals surface area contributed by atoms with Crippen LogP contribution in [0, 0.1) is 0 Å². The summed E-state index contributed by atoms with van der Waals surface area (Å²) in [5.41, 5.74) is 0.807. The topological polar surface area (TPSA) is 83.7 Å². The number of halogens is 1. The second-order valence-corrected chi connectivity index (χ2v) is 8.65. The van der Waals surface area contributed by atoms with Crippen molar-refractivity contribution in [3.8, 4) is 0 Å². The van der Waals surface area contributed by atoms with Crippen molar-refractivity contribution in [1.29, 1.82) is 0 Å². The molecule has 25 heavy (non-hydrogen) atoms. The van der Waals surface area contributed by atoms with Crippen molar-refractivity contribution in [3.05, 3.63) is 30.2 Å². The van der Waals surface area contributed by atoms with Gasteiger partial charge in [-0.2, -0.15) is 0 Å². The van der Waals surface area contributed by atoms with Gasteiger partial charge in [-0.15, -0.1) is 34.2 Å². The SMILES string of the molecule is CCNC(=NCc1nnc2ccccn12)NCCS(=O)C(C)(C)C.I. The maximum Gasteiger partial charge on any atom is 0.191 e. The van der Waals surface area contributed by atoms with Gasteiger partial charge in [0, 0.05) is 40.6 Å². The van der Waals surface area contributed by atoms with Crippen LogP contribution in [0.5, 0.6) is 0 Å². The Morgan fingerprint density at radius 1 is 1.28 bits per heavy atom. The number of aromatic nitrogens is 3. The number of nitrogens with zero attached hydrogens (tertiary/aromatic N) is 4. The summed E-state index contributed by atoms with van der Waals surface area (Å²) in [6.07, 6.45) is 1.92. The lowest BCUT2D eigenvalue weighted by molar-refractivity contribution is 0.647. The van der Waals surface area contributed by atoms with Crippen LogP contribution >= 0.6 is 24.0 Å². The average molecular weight is 478 g/mol. The predicted octanol–water partition coefficient (Wildman–Crippen LogP) is 1.95. The van der Waals surface area contributed by atoms with Gasteiger partial charge in [-0.1, -0.05) is 6.07 Å². The van der Waals surface area contributed by atoms with Crippen molar-refractivity contribution in [2.45, 2.75) is 39.0 Å². The molecule has 0 bridgehead atoms. The summed E-state index contributed by atoms with van der Waals surface area (Å²) < 4.78 is 13.8. The maximum atomic E-state index is 12.1. The third kappa shape index (κ3) is 6.53. The molecule has 2 aromatic heterocycles. The van der Waals surface area contributed by atoms with Crippen LogP contribution in [0.25, 0.3) is 5.65 Å². The standard InChI is InChI=1S/C16H26N6OS.HI/c1-5-17-15(18-9-11-24(23)16(2,3)4)19-12-14-21-20-13-8-6-7-10-22(13)14;/h6-8,10H,5,9,11-12H2,1-4H3,(H2,17,18,19);1H. The van der Waals surface area contributed by atoms with Crippen molar-refractivity contribution < 1.29 is 4.21 Å². The highest BCUT2D eigenvalue weighted by molar-refractivity contribution is 14.0. The molecule has 2 rings (SSSR count). The lowest BCUT2D eigenvalue weighted by Gasteiger charge is -2.18. The predicted molar refractivity (Wildman–Crippen MR) is 114 cm³/mol. The van der Waals surface area contributed by atoms with Gasteiger partial charge in [-0.25, -0.2) is 4.99 Å². The molecular formula is C16H27IN6OS. The van der Waals surface area contributed by atoms with Gasteiger partial charge < -0.3 is 10.6 Å². The summed E-state index contributed by atoms with van der Waals surface area (Å²) in [7, 11) is -0.881. The van der Waals surface area contributed by atoms with Crippen molar-refractivity contribution in [1.82, 2.24) is 25.2 Å². The van der Waals surface area contributed by atoms with Crippen molar-refractivity contribution in [3.63, 3.8) is 0 Å². The van der Waals surface area contributed by atoms with E-state index in [9.17, 15) is 4.21 Å². The van der Waals surface area contributed by atoms with E-state index in [4.69, 9.17) is 0 Å². The summed E-state index contributed by atoms with van der Waals surface area (Å²) >= 11 is 0. The van der Waals surface area contributed by atoms with Crippen LogP contribution in [0.2, 0.25) is 0 Å². The van der Waals surface area contributed by atoms with Crippen LogP contribution < -0.4 is 10.6 Å². The molecule has 2 heterocycles. The van der Waals surface area contributed by atoms with Gasteiger partial charge in [0.05, 0.1) is 0 Å². The quantitative estimate of drug-likeness (QED) is 0.377. The van der Waals surface area contributed by atoms with Gasteiger partial charge in [-0.05, 0) is 39.8 Å². The van der Waals surface area contributed by atoms with E-state index >= 15 is 0 Å². The zero-order valence-electron chi connectivity index (χ0n) is 15.2. The zero-order chi connectivity index (χ0) is 17.6. The van der Waals surface area contributed by atoms with Crippen LogP contribution in [-0.4, -0.2) is 48.4 Å². The lowest BCUT2D eigenvalue weighted by atomic mass is 10.3. The molecule has 7 nitrogen and oxygen atoms in total. The smallest absolute Gasteiger partial charge is 0.191 e. The number of guanidine groups is 1. The van der Waals surface area contributed by atoms with E-state index in [1.165, 1.54) is 0 Å². The molecule has 2 aromatic rings. The van der Waals surface area contributed by atoms with Crippen LogP contribution in [0.3, 0.4) is 0 Å². The van der Waals surface area contributed by atoms with Crippen LogP contribution in [0.1, 0.15) is 33.5 Å². The molecule has 0 aliphatic rings. The zero-order valence-corrected chi connectivity index (χ0v) is 18.3. The maximum absolute atomic E-state index is 12.1. The van der Waals surface area contributed by atoms with Gasteiger partial charge in [0.25, 0.3) is 0 Å². The molecule has 9 heteroatoms. The number of aliphatic imine (C=N–C) groups is 1. The Morgan fingerprint density at radius 3 is 2.72 bits per heavy atom. The third-order valence-corrected chi connectivity index (χ3v) is 5.31. The van der Waals surface area contributed by atoms with Gasteiger partial charge in [0.1, 0.15) is 6.54 Å². The van der Waals surface area contributed by atoms with E-state index in [0.29, 0.717) is 24.8 Å². The second-order valence-electron chi connectivity index (χ2n) is 6.33. The lowest BCUT2D eigenvalue weighted by Crippen LogP contribution is -2.40. The van der Waals surface area contributed by atoms with Gasteiger partial charge in [-0.3, -0.25) is 8.61 Å². The second kappa shape index (κ2) is 10.0.